The first-order chi connectivity index (χ1) is 5.13. The van der Waals surface area contributed by atoms with Crippen molar-refractivity contribution in [3.63, 3.8) is 0 Å². The van der Waals surface area contributed by atoms with E-state index in [0.29, 0.717) is 0 Å². The van der Waals surface area contributed by atoms with Gasteiger partial charge in [0.15, 0.2) is 0 Å². The second kappa shape index (κ2) is 9.56. The van der Waals surface area contributed by atoms with Gasteiger partial charge >= 0.3 is 18.9 Å². The molecule has 0 saturated carbocycles. The zero-order valence-electron chi connectivity index (χ0n) is 9.17. The molecule has 0 aromatic rings. The first-order valence-electron chi connectivity index (χ1n) is 4.05. The fourth-order valence-corrected chi connectivity index (χ4v) is 0.653. The zero-order chi connectivity index (χ0) is 8.69. The number of likely N-dealkylation sites (N-methyl/N-ethyl adjacent to an activating group) is 2. The summed E-state index contributed by atoms with van der Waals surface area (Å²) in [5, 5.41) is 4.37. The van der Waals surface area contributed by atoms with E-state index >= 15 is 0 Å². The number of hydrogen-bond acceptors (Lipinski definition) is 2. The van der Waals surface area contributed by atoms with E-state index in [4.69, 9.17) is 0 Å². The van der Waals surface area contributed by atoms with Crippen molar-refractivity contribution in [3.05, 3.63) is 5.32 Å². The molecule has 0 rings (SSSR count). The monoisotopic (exact) mass is 165 g/mol. The molecular weight excluding hydrogens is 145 g/mol. The van der Waals surface area contributed by atoms with Gasteiger partial charge in [0.2, 0.25) is 0 Å². The molecule has 0 N–H and O–H groups in total. The van der Waals surface area contributed by atoms with Crippen LogP contribution >= 0.6 is 0 Å². The normalized spacial score (nSPS) is 10.5. The fraction of sp³-hybridized carbons (Fsp3) is 1.00. The van der Waals surface area contributed by atoms with E-state index in [-0.39, 0.29) is 18.9 Å². The molecule has 0 amide bonds. The SMILES string of the molecule is CN(C)CC[N-]CCN(C)C.[Li+]. The summed E-state index contributed by atoms with van der Waals surface area (Å²) in [6.07, 6.45) is 0. The van der Waals surface area contributed by atoms with E-state index in [1.165, 1.54) is 0 Å². The van der Waals surface area contributed by atoms with Crippen LogP contribution in [0.15, 0.2) is 0 Å². The van der Waals surface area contributed by atoms with Gasteiger partial charge in [-0.05, 0) is 41.3 Å². The van der Waals surface area contributed by atoms with Gasteiger partial charge in [-0.2, -0.15) is 0 Å². The summed E-state index contributed by atoms with van der Waals surface area (Å²) in [5.74, 6) is 0. The largest absolute Gasteiger partial charge is 1.00 e. The van der Waals surface area contributed by atoms with E-state index in [2.05, 4.69) is 43.3 Å². The molecule has 0 radical (unpaired) electrons. The Hall–Kier alpha value is 0.477. The molecule has 4 heteroatoms. The van der Waals surface area contributed by atoms with E-state index < -0.39 is 0 Å². The number of nitrogens with zero attached hydrogens (tertiary/aromatic N) is 3. The van der Waals surface area contributed by atoms with Crippen LogP contribution in [0.25, 0.3) is 5.32 Å². The topological polar surface area (TPSA) is 20.6 Å². The maximum absolute atomic E-state index is 4.37. The maximum atomic E-state index is 4.37. The minimum absolute atomic E-state index is 0. The molecule has 0 heterocycles. The molecule has 0 aliphatic carbocycles. The summed E-state index contributed by atoms with van der Waals surface area (Å²) in [7, 11) is 8.28. The first-order valence-corrected chi connectivity index (χ1v) is 4.05. The van der Waals surface area contributed by atoms with Gasteiger partial charge < -0.3 is 15.1 Å². The van der Waals surface area contributed by atoms with Crippen LogP contribution in [0.3, 0.4) is 0 Å². The Kier molecular flexibility index (Phi) is 11.9. The maximum Gasteiger partial charge on any atom is 1.00 e. The molecule has 0 aromatic carbocycles. The smallest absolute Gasteiger partial charge is 0.660 e. The van der Waals surface area contributed by atoms with Gasteiger partial charge in [0, 0.05) is 0 Å². The molecule has 12 heavy (non-hydrogen) atoms. The number of hydrogen-bond donors (Lipinski definition) is 0. The van der Waals surface area contributed by atoms with Crippen molar-refractivity contribution in [2.75, 3.05) is 54.4 Å². The minimum atomic E-state index is 0. The minimum Gasteiger partial charge on any atom is -0.660 e. The first kappa shape index (κ1) is 15.0. The Morgan fingerprint density at radius 3 is 1.42 bits per heavy atom. The summed E-state index contributed by atoms with van der Waals surface area (Å²) in [6.45, 7) is 4.04. The molecule has 0 aliphatic heterocycles. The van der Waals surface area contributed by atoms with Gasteiger partial charge in [-0.15, -0.1) is 13.1 Å². The van der Waals surface area contributed by atoms with Crippen LogP contribution in [0.1, 0.15) is 0 Å². The van der Waals surface area contributed by atoms with Gasteiger partial charge in [0.25, 0.3) is 0 Å². The van der Waals surface area contributed by atoms with Crippen LogP contribution in [0, 0.1) is 0 Å². The van der Waals surface area contributed by atoms with Crippen molar-refractivity contribution < 1.29 is 18.9 Å². The van der Waals surface area contributed by atoms with Crippen molar-refractivity contribution in [1.29, 1.82) is 0 Å². The Morgan fingerprint density at radius 1 is 0.833 bits per heavy atom. The molecule has 0 atom stereocenters. The molecule has 0 spiro atoms. The Bertz CT molecular complexity index is 76.4. The summed E-state index contributed by atoms with van der Waals surface area (Å²) < 4.78 is 0. The van der Waals surface area contributed by atoms with Crippen molar-refractivity contribution >= 4 is 0 Å². The van der Waals surface area contributed by atoms with Crippen molar-refractivity contribution in [2.45, 2.75) is 0 Å². The van der Waals surface area contributed by atoms with Crippen LogP contribution in [-0.4, -0.2) is 64.2 Å². The van der Waals surface area contributed by atoms with Gasteiger partial charge in [0.05, 0.1) is 0 Å². The molecule has 0 saturated heterocycles. The van der Waals surface area contributed by atoms with Crippen molar-refractivity contribution in [1.82, 2.24) is 9.80 Å². The number of rotatable bonds is 6. The quantitative estimate of drug-likeness (QED) is 0.320. The fourth-order valence-electron chi connectivity index (χ4n) is 0.653. The zero-order valence-corrected chi connectivity index (χ0v) is 9.17. The molecule has 0 aromatic heterocycles. The van der Waals surface area contributed by atoms with E-state index in [9.17, 15) is 0 Å². The van der Waals surface area contributed by atoms with Gasteiger partial charge in [-0.3, -0.25) is 0 Å². The average molecular weight is 165 g/mol. The predicted molar refractivity (Wildman–Crippen MR) is 50.2 cm³/mol. The van der Waals surface area contributed by atoms with Crippen LogP contribution in [0.5, 0.6) is 0 Å². The summed E-state index contributed by atoms with van der Waals surface area (Å²) >= 11 is 0. The third kappa shape index (κ3) is 13.1. The molecule has 0 fully saturated rings. The van der Waals surface area contributed by atoms with E-state index in [1.54, 1.807) is 0 Å². The molecule has 0 unspecified atom stereocenters. The van der Waals surface area contributed by atoms with Crippen LogP contribution in [-0.2, 0) is 0 Å². The molecular formula is C8H20LiN3. The van der Waals surface area contributed by atoms with Crippen LogP contribution < -0.4 is 18.9 Å². The van der Waals surface area contributed by atoms with Crippen molar-refractivity contribution in [3.8, 4) is 0 Å². The second-order valence-electron chi connectivity index (χ2n) is 3.28. The Balaban J connectivity index is 0. The van der Waals surface area contributed by atoms with Gasteiger partial charge in [-0.25, -0.2) is 0 Å². The summed E-state index contributed by atoms with van der Waals surface area (Å²) in [4.78, 5) is 4.30. The van der Waals surface area contributed by atoms with Crippen LogP contribution in [0.2, 0.25) is 0 Å². The molecule has 0 aliphatic rings. The Labute approximate surface area is 88.7 Å². The third-order valence-electron chi connectivity index (χ3n) is 1.41. The molecule has 0 bridgehead atoms. The predicted octanol–water partition coefficient (Wildman–Crippen LogP) is -2.51. The summed E-state index contributed by atoms with van der Waals surface area (Å²) in [6, 6.07) is 0. The average Bonchev–Trinajstić information content (AvgIpc) is 1.85. The summed E-state index contributed by atoms with van der Waals surface area (Å²) in [5.41, 5.74) is 0. The third-order valence-corrected chi connectivity index (χ3v) is 1.41. The van der Waals surface area contributed by atoms with Crippen LogP contribution in [0.4, 0.5) is 0 Å². The van der Waals surface area contributed by atoms with Crippen molar-refractivity contribution in [2.24, 2.45) is 0 Å². The molecule has 3 nitrogen and oxygen atoms in total. The van der Waals surface area contributed by atoms with E-state index in [1.807, 2.05) is 0 Å². The van der Waals surface area contributed by atoms with Gasteiger partial charge in [0.1, 0.15) is 0 Å². The second-order valence-corrected chi connectivity index (χ2v) is 3.28. The molecule has 68 valence electrons. The van der Waals surface area contributed by atoms with Gasteiger partial charge in [-0.1, -0.05) is 0 Å². The standard InChI is InChI=1S/C8H20N3.Li/c1-10(2)7-5-9-6-8-11(3)4;/h5-8H2,1-4H3;/q-1;+1. The Morgan fingerprint density at radius 2 is 1.17 bits per heavy atom. The van der Waals surface area contributed by atoms with E-state index in [0.717, 1.165) is 26.2 Å².